The third-order valence-corrected chi connectivity index (χ3v) is 2.49. The Balaban J connectivity index is 2.15. The highest BCUT2D eigenvalue weighted by atomic mass is 19.2. The fourth-order valence-electron chi connectivity index (χ4n) is 1.50. The minimum atomic E-state index is -0.892. The van der Waals surface area contributed by atoms with Gasteiger partial charge in [-0.15, -0.1) is 0 Å². The van der Waals surface area contributed by atoms with E-state index in [9.17, 15) is 8.78 Å². The van der Waals surface area contributed by atoms with Crippen LogP contribution in [-0.4, -0.2) is 22.6 Å². The van der Waals surface area contributed by atoms with Crippen molar-refractivity contribution < 1.29 is 8.78 Å². The third-order valence-electron chi connectivity index (χ3n) is 2.49. The zero-order chi connectivity index (χ0) is 13.8. The zero-order valence-electron chi connectivity index (χ0n) is 10.4. The molecule has 0 aliphatic heterocycles. The molecule has 0 bridgehead atoms. The van der Waals surface area contributed by atoms with Gasteiger partial charge < -0.3 is 11.1 Å². The summed E-state index contributed by atoms with van der Waals surface area (Å²) in [6.07, 6.45) is 3.09. The van der Waals surface area contributed by atoms with E-state index in [1.54, 1.807) is 12.4 Å². The van der Waals surface area contributed by atoms with Crippen LogP contribution in [0.3, 0.4) is 0 Å². The molecule has 3 N–H and O–H groups in total. The number of hydrogen-bond acceptors (Lipinski definition) is 4. The van der Waals surface area contributed by atoms with Crippen LogP contribution in [-0.2, 0) is 0 Å². The summed E-state index contributed by atoms with van der Waals surface area (Å²) in [5.41, 5.74) is 6.74. The van der Waals surface area contributed by atoms with Gasteiger partial charge in [0.05, 0.1) is 0 Å². The Bertz CT molecular complexity index is 555. The predicted molar refractivity (Wildman–Crippen MR) is 69.5 cm³/mol. The molecular formula is C13H14F2N4. The monoisotopic (exact) mass is 264 g/mol. The Morgan fingerprint density at radius 3 is 2.42 bits per heavy atom. The van der Waals surface area contributed by atoms with Gasteiger partial charge in [0.1, 0.15) is 0 Å². The highest BCUT2D eigenvalue weighted by Gasteiger charge is 2.05. The van der Waals surface area contributed by atoms with Crippen molar-refractivity contribution in [1.82, 2.24) is 9.97 Å². The van der Waals surface area contributed by atoms with Crippen LogP contribution >= 0.6 is 0 Å². The minimum absolute atomic E-state index is 0.00512. The van der Waals surface area contributed by atoms with Crippen LogP contribution in [0.25, 0.3) is 11.1 Å². The second kappa shape index (κ2) is 5.71. The molecule has 0 saturated carbocycles. The molecule has 0 saturated heterocycles. The average Bonchev–Trinajstić information content (AvgIpc) is 2.40. The molecule has 0 spiro atoms. The van der Waals surface area contributed by atoms with Crippen molar-refractivity contribution in [2.75, 3.05) is 11.9 Å². The van der Waals surface area contributed by atoms with Gasteiger partial charge in [-0.3, -0.25) is 0 Å². The van der Waals surface area contributed by atoms with Gasteiger partial charge in [-0.25, -0.2) is 18.7 Å². The molecule has 1 aromatic carbocycles. The van der Waals surface area contributed by atoms with Gasteiger partial charge in [0.15, 0.2) is 11.6 Å². The lowest BCUT2D eigenvalue weighted by Gasteiger charge is -2.07. The van der Waals surface area contributed by atoms with E-state index in [-0.39, 0.29) is 6.04 Å². The Labute approximate surface area is 109 Å². The Morgan fingerprint density at radius 1 is 1.16 bits per heavy atom. The molecule has 0 aliphatic carbocycles. The molecule has 4 nitrogen and oxygen atoms in total. The molecule has 0 radical (unpaired) electrons. The van der Waals surface area contributed by atoms with Crippen LogP contribution in [0.1, 0.15) is 6.92 Å². The summed E-state index contributed by atoms with van der Waals surface area (Å²) in [4.78, 5) is 8.17. The van der Waals surface area contributed by atoms with Crippen molar-refractivity contribution in [2.24, 2.45) is 5.73 Å². The summed E-state index contributed by atoms with van der Waals surface area (Å²) in [6, 6.07) is 3.66. The van der Waals surface area contributed by atoms with Crippen molar-refractivity contribution in [1.29, 1.82) is 0 Å². The maximum absolute atomic E-state index is 13.1. The van der Waals surface area contributed by atoms with Crippen molar-refractivity contribution in [3.8, 4) is 11.1 Å². The first kappa shape index (κ1) is 13.4. The number of halogens is 2. The van der Waals surface area contributed by atoms with E-state index in [4.69, 9.17) is 5.73 Å². The number of nitrogens with two attached hydrogens (primary N) is 1. The highest BCUT2D eigenvalue weighted by Crippen LogP contribution is 2.20. The first-order valence-electron chi connectivity index (χ1n) is 5.83. The van der Waals surface area contributed by atoms with Crippen LogP contribution in [0, 0.1) is 11.6 Å². The number of aromatic nitrogens is 2. The molecule has 1 atom stereocenters. The SMILES string of the molecule is CC(N)CNc1ncc(-c2ccc(F)c(F)c2)cn1. The van der Waals surface area contributed by atoms with Gasteiger partial charge in [0.25, 0.3) is 0 Å². The van der Waals surface area contributed by atoms with Crippen molar-refractivity contribution >= 4 is 5.95 Å². The second-order valence-corrected chi connectivity index (χ2v) is 4.28. The van der Waals surface area contributed by atoms with Gasteiger partial charge >= 0.3 is 0 Å². The van der Waals surface area contributed by atoms with E-state index in [2.05, 4.69) is 15.3 Å². The van der Waals surface area contributed by atoms with Gasteiger partial charge in [-0.05, 0) is 24.6 Å². The number of nitrogens with one attached hydrogen (secondary N) is 1. The maximum Gasteiger partial charge on any atom is 0.222 e. The van der Waals surface area contributed by atoms with Gasteiger partial charge in [-0.2, -0.15) is 0 Å². The van der Waals surface area contributed by atoms with E-state index in [0.29, 0.717) is 23.6 Å². The van der Waals surface area contributed by atoms with Crippen LogP contribution in [0.15, 0.2) is 30.6 Å². The summed E-state index contributed by atoms with van der Waals surface area (Å²) >= 11 is 0. The summed E-state index contributed by atoms with van der Waals surface area (Å²) in [5.74, 6) is -1.32. The normalized spacial score (nSPS) is 12.2. The first-order valence-corrected chi connectivity index (χ1v) is 5.83. The third kappa shape index (κ3) is 3.45. The zero-order valence-corrected chi connectivity index (χ0v) is 10.4. The largest absolute Gasteiger partial charge is 0.353 e. The molecule has 1 unspecified atom stereocenters. The van der Waals surface area contributed by atoms with Crippen molar-refractivity contribution in [3.05, 3.63) is 42.2 Å². The predicted octanol–water partition coefficient (Wildman–Crippen LogP) is 2.18. The van der Waals surface area contributed by atoms with E-state index < -0.39 is 11.6 Å². The highest BCUT2D eigenvalue weighted by molar-refractivity contribution is 5.62. The quantitative estimate of drug-likeness (QED) is 0.888. The van der Waals surface area contributed by atoms with Crippen LogP contribution in [0.4, 0.5) is 14.7 Å². The topological polar surface area (TPSA) is 63.8 Å². The molecule has 6 heteroatoms. The molecule has 19 heavy (non-hydrogen) atoms. The lowest BCUT2D eigenvalue weighted by atomic mass is 10.1. The number of anilines is 1. The number of rotatable bonds is 4. The van der Waals surface area contributed by atoms with Gasteiger partial charge in [0.2, 0.25) is 5.95 Å². The summed E-state index contributed by atoms with van der Waals surface area (Å²) < 4.78 is 25.9. The lowest BCUT2D eigenvalue weighted by Crippen LogP contribution is -2.25. The second-order valence-electron chi connectivity index (χ2n) is 4.28. The van der Waals surface area contributed by atoms with Crippen LogP contribution in [0.5, 0.6) is 0 Å². The average molecular weight is 264 g/mol. The molecule has 0 aliphatic rings. The fourth-order valence-corrected chi connectivity index (χ4v) is 1.50. The molecule has 0 fully saturated rings. The molecule has 0 amide bonds. The summed E-state index contributed by atoms with van der Waals surface area (Å²) in [5, 5.41) is 2.96. The van der Waals surface area contributed by atoms with E-state index in [1.165, 1.54) is 6.07 Å². The van der Waals surface area contributed by atoms with Crippen LogP contribution < -0.4 is 11.1 Å². The van der Waals surface area contributed by atoms with E-state index >= 15 is 0 Å². The Hall–Kier alpha value is -2.08. The minimum Gasteiger partial charge on any atom is -0.353 e. The smallest absolute Gasteiger partial charge is 0.222 e. The summed E-state index contributed by atoms with van der Waals surface area (Å²) in [6.45, 7) is 2.42. The number of hydrogen-bond donors (Lipinski definition) is 2. The molecule has 2 rings (SSSR count). The molecule has 1 heterocycles. The summed E-state index contributed by atoms with van der Waals surface area (Å²) in [7, 11) is 0. The molecule has 1 aromatic heterocycles. The van der Waals surface area contributed by atoms with Gasteiger partial charge in [0, 0.05) is 30.5 Å². The van der Waals surface area contributed by atoms with E-state index in [0.717, 1.165) is 12.1 Å². The van der Waals surface area contributed by atoms with Crippen molar-refractivity contribution in [3.63, 3.8) is 0 Å². The Kier molecular flexibility index (Phi) is 4.01. The molecule has 100 valence electrons. The van der Waals surface area contributed by atoms with Crippen LogP contribution in [0.2, 0.25) is 0 Å². The number of nitrogens with zero attached hydrogens (tertiary/aromatic N) is 2. The van der Waals surface area contributed by atoms with Crippen molar-refractivity contribution in [2.45, 2.75) is 13.0 Å². The first-order chi connectivity index (χ1) is 9.06. The standard InChI is InChI=1S/C13H14F2N4/c1-8(16)5-17-13-18-6-10(7-19-13)9-2-3-11(14)12(15)4-9/h2-4,6-8H,5,16H2,1H3,(H,17,18,19). The molecular weight excluding hydrogens is 250 g/mol. The van der Waals surface area contributed by atoms with E-state index in [1.807, 2.05) is 6.92 Å². The maximum atomic E-state index is 13.1. The molecule has 2 aromatic rings. The Morgan fingerprint density at radius 2 is 1.84 bits per heavy atom. The van der Waals surface area contributed by atoms with Gasteiger partial charge in [-0.1, -0.05) is 6.07 Å². The lowest BCUT2D eigenvalue weighted by molar-refractivity contribution is 0.509. The number of benzene rings is 1. The fraction of sp³-hybridized carbons (Fsp3) is 0.231.